The Bertz CT molecular complexity index is 166. The Kier molecular flexibility index (Phi) is 2.67. The molecule has 0 fully saturated rings. The predicted octanol–water partition coefficient (Wildman–Crippen LogP) is 3.36. The van der Waals surface area contributed by atoms with Gasteiger partial charge in [-0.1, -0.05) is 19.4 Å². The fourth-order valence-electron chi connectivity index (χ4n) is 1.23. The summed E-state index contributed by atoms with van der Waals surface area (Å²) in [5, 5.41) is 0. The van der Waals surface area contributed by atoms with Crippen molar-refractivity contribution in [2.75, 3.05) is 0 Å². The molecule has 0 N–H and O–H groups in total. The molecule has 1 aliphatic rings. The first-order valence-corrected chi connectivity index (χ1v) is 3.88. The molecule has 0 unspecified atom stereocenters. The second-order valence-electron chi connectivity index (χ2n) is 2.64. The lowest BCUT2D eigenvalue weighted by Gasteiger charge is -2.08. The molecule has 0 heterocycles. The van der Waals surface area contributed by atoms with Crippen molar-refractivity contribution < 1.29 is 4.39 Å². The Balaban J connectivity index is 2.60. The largest absolute Gasteiger partial charge is 0.207 e. The minimum Gasteiger partial charge on any atom is -0.207 e. The normalized spacial score (nSPS) is 18.2. The van der Waals surface area contributed by atoms with Gasteiger partial charge in [-0.3, -0.25) is 0 Å². The minimum atomic E-state index is 0.00750. The van der Waals surface area contributed by atoms with Gasteiger partial charge in [-0.25, -0.2) is 4.39 Å². The predicted molar refractivity (Wildman–Crippen MR) is 41.4 cm³/mol. The van der Waals surface area contributed by atoms with Gasteiger partial charge < -0.3 is 0 Å². The zero-order chi connectivity index (χ0) is 7.40. The third-order valence-electron chi connectivity index (χ3n) is 1.77. The summed E-state index contributed by atoms with van der Waals surface area (Å²) in [6, 6.07) is 0. The fraction of sp³-hybridized carbons (Fsp3) is 0.556. The molecule has 0 bridgehead atoms. The highest BCUT2D eigenvalue weighted by Gasteiger charge is 2.05. The Morgan fingerprint density at radius 2 is 2.40 bits per heavy atom. The maximum Gasteiger partial charge on any atom is 0.122 e. The van der Waals surface area contributed by atoms with E-state index in [-0.39, 0.29) is 5.83 Å². The second kappa shape index (κ2) is 3.55. The first-order valence-electron chi connectivity index (χ1n) is 3.88. The van der Waals surface area contributed by atoms with Crippen LogP contribution < -0.4 is 0 Å². The van der Waals surface area contributed by atoms with Crippen LogP contribution in [0.4, 0.5) is 4.39 Å². The van der Waals surface area contributed by atoms with E-state index in [4.69, 9.17) is 0 Å². The molecule has 0 saturated heterocycles. The quantitative estimate of drug-likeness (QED) is 0.551. The van der Waals surface area contributed by atoms with E-state index in [1.165, 1.54) is 0 Å². The molecule has 0 aromatic heterocycles. The Labute approximate surface area is 61.4 Å². The monoisotopic (exact) mass is 140 g/mol. The van der Waals surface area contributed by atoms with Gasteiger partial charge in [-0.15, -0.1) is 0 Å². The van der Waals surface area contributed by atoms with Crippen LogP contribution in [0, 0.1) is 0 Å². The van der Waals surface area contributed by atoms with Gasteiger partial charge in [0.25, 0.3) is 0 Å². The molecule has 0 amide bonds. The molecule has 0 spiro atoms. The zero-order valence-electron chi connectivity index (χ0n) is 6.36. The number of hydrogen-bond acceptors (Lipinski definition) is 0. The molecule has 0 aromatic carbocycles. The summed E-state index contributed by atoms with van der Waals surface area (Å²) >= 11 is 0. The molecule has 0 atom stereocenters. The third kappa shape index (κ3) is 1.69. The van der Waals surface area contributed by atoms with Crippen LogP contribution in [0.5, 0.6) is 0 Å². The van der Waals surface area contributed by atoms with Gasteiger partial charge in [0.05, 0.1) is 0 Å². The third-order valence-corrected chi connectivity index (χ3v) is 1.77. The summed E-state index contributed by atoms with van der Waals surface area (Å²) in [7, 11) is 0. The van der Waals surface area contributed by atoms with E-state index in [1.807, 2.05) is 6.08 Å². The van der Waals surface area contributed by atoms with Crippen molar-refractivity contribution in [3.63, 3.8) is 0 Å². The summed E-state index contributed by atoms with van der Waals surface area (Å²) in [5.74, 6) is 0.00750. The van der Waals surface area contributed by atoms with E-state index in [1.54, 1.807) is 6.08 Å². The minimum absolute atomic E-state index is 0.00750. The Morgan fingerprint density at radius 1 is 1.60 bits per heavy atom. The van der Waals surface area contributed by atoms with Gasteiger partial charge in [0, 0.05) is 0 Å². The second-order valence-corrected chi connectivity index (χ2v) is 2.64. The van der Waals surface area contributed by atoms with Crippen molar-refractivity contribution in [1.82, 2.24) is 0 Å². The first-order chi connectivity index (χ1) is 4.84. The Hall–Kier alpha value is -0.590. The van der Waals surface area contributed by atoms with E-state index in [9.17, 15) is 4.39 Å². The van der Waals surface area contributed by atoms with E-state index in [2.05, 4.69) is 6.92 Å². The number of hydrogen-bond donors (Lipinski definition) is 0. The summed E-state index contributed by atoms with van der Waals surface area (Å²) < 4.78 is 12.8. The number of halogens is 1. The molecule has 0 nitrogen and oxygen atoms in total. The van der Waals surface area contributed by atoms with Crippen LogP contribution in [0.3, 0.4) is 0 Å². The maximum atomic E-state index is 12.8. The van der Waals surface area contributed by atoms with E-state index < -0.39 is 0 Å². The van der Waals surface area contributed by atoms with E-state index >= 15 is 0 Å². The van der Waals surface area contributed by atoms with Crippen molar-refractivity contribution in [2.24, 2.45) is 0 Å². The Morgan fingerprint density at radius 3 is 3.00 bits per heavy atom. The summed E-state index contributed by atoms with van der Waals surface area (Å²) in [5.41, 5.74) is 1.00. The fourth-order valence-corrected chi connectivity index (χ4v) is 1.23. The van der Waals surface area contributed by atoms with Gasteiger partial charge in [-0.05, 0) is 30.9 Å². The molecule has 1 aliphatic carbocycles. The van der Waals surface area contributed by atoms with Crippen LogP contribution in [-0.2, 0) is 0 Å². The maximum absolute atomic E-state index is 12.8. The molecule has 0 radical (unpaired) electrons. The van der Waals surface area contributed by atoms with E-state index in [0.29, 0.717) is 0 Å². The van der Waals surface area contributed by atoms with Crippen molar-refractivity contribution in [3.8, 4) is 0 Å². The molecule has 10 heavy (non-hydrogen) atoms. The van der Waals surface area contributed by atoms with Gasteiger partial charge in [0.1, 0.15) is 5.83 Å². The molecule has 0 aromatic rings. The average molecular weight is 140 g/mol. The summed E-state index contributed by atoms with van der Waals surface area (Å²) in [6.07, 6.45) is 7.41. The highest BCUT2D eigenvalue weighted by Crippen LogP contribution is 2.23. The van der Waals surface area contributed by atoms with E-state index in [0.717, 1.165) is 31.3 Å². The van der Waals surface area contributed by atoms with Crippen molar-refractivity contribution >= 4 is 0 Å². The van der Waals surface area contributed by atoms with Crippen LogP contribution in [-0.4, -0.2) is 0 Å². The summed E-state index contributed by atoms with van der Waals surface area (Å²) in [6.45, 7) is 2.08. The van der Waals surface area contributed by atoms with Crippen molar-refractivity contribution in [2.45, 2.75) is 32.6 Å². The van der Waals surface area contributed by atoms with Crippen LogP contribution >= 0.6 is 0 Å². The topological polar surface area (TPSA) is 0 Å². The standard InChI is InChI=1S/C9H13F/c1-2-5-8-6-3-4-7-9(8)10/h4,7H,2-3,5-6H2,1H3. The first kappa shape index (κ1) is 7.52. The van der Waals surface area contributed by atoms with Gasteiger partial charge >= 0.3 is 0 Å². The number of rotatable bonds is 2. The number of allylic oxidation sites excluding steroid dienone is 4. The molecule has 1 rings (SSSR count). The molecular weight excluding hydrogens is 127 g/mol. The van der Waals surface area contributed by atoms with Crippen molar-refractivity contribution in [1.29, 1.82) is 0 Å². The smallest absolute Gasteiger partial charge is 0.122 e. The van der Waals surface area contributed by atoms with Gasteiger partial charge in [0.15, 0.2) is 0 Å². The molecule has 0 saturated carbocycles. The summed E-state index contributed by atoms with van der Waals surface area (Å²) in [4.78, 5) is 0. The zero-order valence-corrected chi connectivity index (χ0v) is 6.36. The van der Waals surface area contributed by atoms with Gasteiger partial charge in [0.2, 0.25) is 0 Å². The lowest BCUT2D eigenvalue weighted by molar-refractivity contribution is 0.619. The van der Waals surface area contributed by atoms with Gasteiger partial charge in [-0.2, -0.15) is 0 Å². The van der Waals surface area contributed by atoms with Crippen molar-refractivity contribution in [3.05, 3.63) is 23.6 Å². The highest BCUT2D eigenvalue weighted by molar-refractivity contribution is 5.23. The average Bonchev–Trinajstić information content (AvgIpc) is 1.94. The van der Waals surface area contributed by atoms with Crippen LogP contribution in [0.15, 0.2) is 23.6 Å². The van der Waals surface area contributed by atoms with Crippen LogP contribution in [0.1, 0.15) is 32.6 Å². The molecule has 1 heteroatoms. The molecule has 0 aliphatic heterocycles. The van der Waals surface area contributed by atoms with Crippen LogP contribution in [0.25, 0.3) is 0 Å². The molecular formula is C9H13F. The SMILES string of the molecule is CCCC1=C(F)C=CCC1. The highest BCUT2D eigenvalue weighted by atomic mass is 19.1. The lowest BCUT2D eigenvalue weighted by Crippen LogP contribution is -1.90. The lowest BCUT2D eigenvalue weighted by atomic mass is 10.0. The van der Waals surface area contributed by atoms with Crippen LogP contribution in [0.2, 0.25) is 0 Å². The molecule has 56 valence electrons.